The molecule has 0 rings (SSSR count). The second-order valence-corrected chi connectivity index (χ2v) is 0.298. The number of nitrogens with zero attached hydrogens (tertiary/aromatic N) is 4. The molecular formula is K2N4O8Pt. The van der Waals surface area contributed by atoms with Crippen LogP contribution in [0.2, 0.25) is 0 Å². The van der Waals surface area contributed by atoms with Gasteiger partial charge in [0.2, 0.25) is 0 Å². The Morgan fingerprint density at radius 1 is 0.533 bits per heavy atom. The quantitative estimate of drug-likeness (QED) is 0.195. The second-order valence-electron chi connectivity index (χ2n) is 0.298. The van der Waals surface area contributed by atoms with Crippen LogP contribution in [-0.2, 0) is 21.1 Å². The first-order valence-corrected chi connectivity index (χ1v) is 1.46. The first-order valence-electron chi connectivity index (χ1n) is 1.46. The van der Waals surface area contributed by atoms with Gasteiger partial charge >= 0.3 is 124 Å². The summed E-state index contributed by atoms with van der Waals surface area (Å²) in [6.07, 6.45) is 0. The summed E-state index contributed by atoms with van der Waals surface area (Å²) in [4.78, 5) is 32.0. The third kappa shape index (κ3) is 1170. The van der Waals surface area contributed by atoms with Gasteiger partial charge in [-0.1, -0.05) is 0 Å². The largest absolute Gasteiger partial charge is 2.00 e. The van der Waals surface area contributed by atoms with Gasteiger partial charge in [-0.15, -0.1) is 21.4 Å². The molecule has 0 aliphatic rings. The van der Waals surface area contributed by atoms with E-state index in [2.05, 4.69) is 0 Å². The van der Waals surface area contributed by atoms with Crippen molar-refractivity contribution < 1.29 is 124 Å². The molecule has 80 valence electrons. The van der Waals surface area contributed by atoms with E-state index in [0.717, 1.165) is 21.4 Å². The van der Waals surface area contributed by atoms with Crippen molar-refractivity contribution >= 4 is 0 Å². The van der Waals surface area contributed by atoms with Crippen LogP contribution < -0.4 is 103 Å². The molecule has 0 radical (unpaired) electrons. The predicted octanol–water partition coefficient (Wildman–Crippen LogP) is -4.99. The van der Waals surface area contributed by atoms with Crippen molar-refractivity contribution in [3.63, 3.8) is 0 Å². The van der Waals surface area contributed by atoms with Gasteiger partial charge in [0.25, 0.3) is 0 Å². The van der Waals surface area contributed by atoms with Crippen LogP contribution in [-0.4, -0.2) is 0 Å². The molecule has 0 heterocycles. The molecule has 0 bridgehead atoms. The molecule has 0 saturated heterocycles. The zero-order valence-electron chi connectivity index (χ0n) is 7.37. The summed E-state index contributed by atoms with van der Waals surface area (Å²) in [6.45, 7) is 0. The van der Waals surface area contributed by atoms with Gasteiger partial charge in [0, 0.05) is 0 Å². The summed E-state index contributed by atoms with van der Waals surface area (Å²) in [6, 6.07) is 0. The molecule has 0 aromatic heterocycles. The molecular weight excluding hydrogens is 457 g/mol. The molecule has 15 heavy (non-hydrogen) atoms. The van der Waals surface area contributed by atoms with Crippen molar-refractivity contribution in [3.05, 3.63) is 40.5 Å². The van der Waals surface area contributed by atoms with Crippen molar-refractivity contribution in [2.24, 2.45) is 21.4 Å². The molecule has 15 heteroatoms. The van der Waals surface area contributed by atoms with Gasteiger partial charge < -0.3 is 40.5 Å². The topological polar surface area (TPSA) is 210 Å². The van der Waals surface area contributed by atoms with Gasteiger partial charge in [0.1, 0.15) is 0 Å². The fraction of sp³-hybridized carbons (Fsp3) is 0. The first-order chi connectivity index (χ1) is 5.66. The number of rotatable bonds is 0. The molecule has 0 aromatic carbocycles. The van der Waals surface area contributed by atoms with Crippen molar-refractivity contribution in [2.75, 3.05) is 0 Å². The van der Waals surface area contributed by atoms with Crippen LogP contribution in [0.4, 0.5) is 0 Å². The molecule has 0 spiro atoms. The predicted molar refractivity (Wildman–Crippen MR) is 36.6 cm³/mol. The average Bonchev–Trinajstić information content (AvgIpc) is 1.92. The molecule has 0 aliphatic heterocycles. The van der Waals surface area contributed by atoms with E-state index in [-0.39, 0.29) is 124 Å². The SMILES string of the molecule is O=N[O-].O=N[O-].O=N[O-].O=N[O-].[K+].[K+].[Pt+2]. The van der Waals surface area contributed by atoms with Gasteiger partial charge in [-0.3, -0.25) is 0 Å². The van der Waals surface area contributed by atoms with E-state index in [9.17, 15) is 0 Å². The van der Waals surface area contributed by atoms with E-state index in [0.29, 0.717) is 0 Å². The summed E-state index contributed by atoms with van der Waals surface area (Å²) in [5, 5.41) is 36.0. The maximum atomic E-state index is 8.00. The van der Waals surface area contributed by atoms with E-state index in [1.54, 1.807) is 0 Å². The smallest absolute Gasteiger partial charge is 0.444 e. The minimum atomic E-state index is 0. The monoisotopic (exact) mass is 457 g/mol. The molecule has 0 aliphatic carbocycles. The summed E-state index contributed by atoms with van der Waals surface area (Å²) in [7, 11) is 0. The maximum absolute atomic E-state index is 8.00. The molecule has 0 saturated carbocycles. The van der Waals surface area contributed by atoms with E-state index in [1.807, 2.05) is 0 Å². The standard InChI is InChI=1S/2K.4HNO2.Pt/c;;4*2-1-3;/h;;4*(H,2,3);/q2*+1;;;;;+2/p-4. The van der Waals surface area contributed by atoms with Crippen molar-refractivity contribution in [3.8, 4) is 0 Å². The molecule has 0 unspecified atom stereocenters. The maximum Gasteiger partial charge on any atom is 2.00 e. The zero-order chi connectivity index (χ0) is 10.8. The molecule has 12 nitrogen and oxygen atoms in total. The summed E-state index contributed by atoms with van der Waals surface area (Å²) >= 11 is 0. The Kier molecular flexibility index (Phi) is 312. The summed E-state index contributed by atoms with van der Waals surface area (Å²) in [5.41, 5.74) is 0. The minimum Gasteiger partial charge on any atom is -0.444 e. The normalized spacial score (nSPS) is 3.20. The van der Waals surface area contributed by atoms with Crippen LogP contribution in [0, 0.1) is 40.5 Å². The summed E-state index contributed by atoms with van der Waals surface area (Å²) in [5.74, 6) is 0. The minimum absolute atomic E-state index is 0. The van der Waals surface area contributed by atoms with Gasteiger partial charge in [-0.05, 0) is 0 Å². The third-order valence-corrected chi connectivity index (χ3v) is 0. The van der Waals surface area contributed by atoms with Crippen LogP contribution in [0.1, 0.15) is 0 Å². The average molecular weight is 457 g/mol. The van der Waals surface area contributed by atoms with Gasteiger partial charge in [-0.25, -0.2) is 0 Å². The van der Waals surface area contributed by atoms with Gasteiger partial charge in [-0.2, -0.15) is 0 Å². The van der Waals surface area contributed by atoms with Crippen molar-refractivity contribution in [1.29, 1.82) is 0 Å². The van der Waals surface area contributed by atoms with E-state index in [1.165, 1.54) is 0 Å². The van der Waals surface area contributed by atoms with Crippen molar-refractivity contribution in [1.82, 2.24) is 0 Å². The molecule has 0 aromatic rings. The van der Waals surface area contributed by atoms with Crippen LogP contribution in [0.25, 0.3) is 0 Å². The Morgan fingerprint density at radius 3 is 0.533 bits per heavy atom. The van der Waals surface area contributed by atoms with E-state index >= 15 is 0 Å². The Hall–Kier alpha value is 1.56. The van der Waals surface area contributed by atoms with Gasteiger partial charge in [0.05, 0.1) is 0 Å². The fourth-order valence-corrected chi connectivity index (χ4v) is 0. The third-order valence-electron chi connectivity index (χ3n) is 0. The van der Waals surface area contributed by atoms with Crippen LogP contribution in [0.15, 0.2) is 21.4 Å². The molecule has 0 N–H and O–H groups in total. The number of hydrogen-bond donors (Lipinski definition) is 0. The fourth-order valence-electron chi connectivity index (χ4n) is 0. The molecule has 0 fully saturated rings. The Balaban J connectivity index is -0.0000000107. The molecule has 0 atom stereocenters. The van der Waals surface area contributed by atoms with E-state index in [4.69, 9.17) is 40.5 Å². The molecule has 0 amide bonds. The Labute approximate surface area is 181 Å². The van der Waals surface area contributed by atoms with E-state index < -0.39 is 0 Å². The van der Waals surface area contributed by atoms with Crippen molar-refractivity contribution in [2.45, 2.75) is 0 Å². The van der Waals surface area contributed by atoms with Crippen LogP contribution in [0.5, 0.6) is 0 Å². The zero-order valence-corrected chi connectivity index (χ0v) is 15.9. The van der Waals surface area contributed by atoms with Gasteiger partial charge in [0.15, 0.2) is 0 Å². The first kappa shape index (κ1) is 43.9. The number of hydrogen-bond acceptors (Lipinski definition) is 12. The summed E-state index contributed by atoms with van der Waals surface area (Å²) < 4.78 is 0. The Morgan fingerprint density at radius 2 is 0.533 bits per heavy atom. The Bertz CT molecular complexity index is 78.6. The van der Waals surface area contributed by atoms with Crippen LogP contribution in [0.3, 0.4) is 0 Å². The second kappa shape index (κ2) is 107. The van der Waals surface area contributed by atoms with Crippen LogP contribution >= 0.6 is 0 Å².